The number of ether oxygens (including phenoxy) is 1. The van der Waals surface area contributed by atoms with Gasteiger partial charge in [0.2, 0.25) is 5.90 Å². The van der Waals surface area contributed by atoms with Crippen molar-refractivity contribution in [2.75, 3.05) is 11.9 Å². The van der Waals surface area contributed by atoms with E-state index in [9.17, 15) is 0 Å². The molecule has 1 aliphatic rings. The molecule has 0 aromatic heterocycles. The largest absolute Gasteiger partial charge is 0.471 e. The van der Waals surface area contributed by atoms with Crippen molar-refractivity contribution < 1.29 is 4.74 Å². The van der Waals surface area contributed by atoms with Gasteiger partial charge in [0.05, 0.1) is 6.54 Å². The molecule has 0 spiro atoms. The second kappa shape index (κ2) is 5.51. The van der Waals surface area contributed by atoms with Crippen LogP contribution in [0.4, 0.5) is 0 Å². The van der Waals surface area contributed by atoms with Gasteiger partial charge >= 0.3 is 0 Å². The Kier molecular flexibility index (Phi) is 4.62. The predicted octanol–water partition coefficient (Wildman–Crippen LogP) is 2.80. The highest BCUT2D eigenvalue weighted by Gasteiger charge is 2.18. The highest BCUT2D eigenvalue weighted by molar-refractivity contribution is 9.09. The zero-order valence-corrected chi connectivity index (χ0v) is 10.8. The van der Waals surface area contributed by atoms with Crippen LogP contribution in [0.25, 0.3) is 0 Å². The molecule has 4 heteroatoms. The summed E-state index contributed by atoms with van der Waals surface area (Å²) in [7, 11) is 0. The molecule has 1 aliphatic heterocycles. The van der Waals surface area contributed by atoms with Crippen LogP contribution in [0.2, 0.25) is 0 Å². The van der Waals surface area contributed by atoms with Crippen molar-refractivity contribution in [2.45, 2.75) is 6.10 Å². The van der Waals surface area contributed by atoms with E-state index in [1.807, 2.05) is 30.3 Å². The lowest BCUT2D eigenvalue weighted by molar-refractivity contribution is 0.252. The van der Waals surface area contributed by atoms with E-state index in [0.29, 0.717) is 0 Å². The third-order valence-corrected chi connectivity index (χ3v) is 2.63. The number of nitrogens with zero attached hydrogens (tertiary/aromatic N) is 1. The fourth-order valence-corrected chi connectivity index (χ4v) is 1.57. The molecule has 2 rings (SSSR count). The fourth-order valence-electron chi connectivity index (χ4n) is 1.24. The van der Waals surface area contributed by atoms with Gasteiger partial charge in [-0.05, 0) is 12.1 Å². The van der Waals surface area contributed by atoms with Crippen molar-refractivity contribution in [3.63, 3.8) is 0 Å². The number of rotatable bonds is 2. The summed E-state index contributed by atoms with van der Waals surface area (Å²) in [5.41, 5.74) is 1.06. The van der Waals surface area contributed by atoms with Crippen LogP contribution in [0.3, 0.4) is 0 Å². The lowest BCUT2D eigenvalue weighted by atomic mass is 10.2. The summed E-state index contributed by atoms with van der Waals surface area (Å²) in [4.78, 5) is 4.32. The third kappa shape index (κ3) is 2.58. The first kappa shape index (κ1) is 11.7. The quantitative estimate of drug-likeness (QED) is 0.768. The molecule has 1 atom stereocenters. The Balaban J connectivity index is 0.000000980. The molecule has 0 saturated heterocycles. The van der Waals surface area contributed by atoms with Gasteiger partial charge in [-0.2, -0.15) is 0 Å². The molecule has 14 heavy (non-hydrogen) atoms. The number of aliphatic imine (C=N–C) groups is 1. The monoisotopic (exact) mass is 319 g/mol. The van der Waals surface area contributed by atoms with E-state index < -0.39 is 0 Å². The minimum atomic E-state index is 0. The number of hydrogen-bond donors (Lipinski definition) is 0. The molecular weight excluding hydrogens is 310 g/mol. The molecule has 1 unspecified atom stereocenters. The van der Waals surface area contributed by atoms with E-state index in [1.54, 1.807) is 0 Å². The highest BCUT2D eigenvalue weighted by Crippen LogP contribution is 2.13. The average Bonchev–Trinajstić information content (AvgIpc) is 2.67. The van der Waals surface area contributed by atoms with E-state index in [0.717, 1.165) is 23.3 Å². The van der Waals surface area contributed by atoms with Crippen molar-refractivity contribution >= 4 is 38.8 Å². The lowest BCUT2D eigenvalue weighted by Gasteiger charge is -2.06. The molecule has 76 valence electrons. The van der Waals surface area contributed by atoms with Gasteiger partial charge in [0.25, 0.3) is 0 Å². The van der Waals surface area contributed by atoms with Gasteiger partial charge in [0.1, 0.15) is 6.10 Å². The van der Waals surface area contributed by atoms with Gasteiger partial charge in [-0.15, -0.1) is 17.0 Å². The second-order valence-electron chi connectivity index (χ2n) is 2.91. The molecular formula is C10H11Br2NO. The summed E-state index contributed by atoms with van der Waals surface area (Å²) in [5.74, 6) is 0.769. The second-order valence-corrected chi connectivity index (χ2v) is 3.55. The summed E-state index contributed by atoms with van der Waals surface area (Å²) in [5, 5.41) is 0.840. The van der Waals surface area contributed by atoms with Gasteiger partial charge in [0, 0.05) is 10.9 Å². The smallest absolute Gasteiger partial charge is 0.216 e. The van der Waals surface area contributed by atoms with E-state index in [2.05, 4.69) is 20.9 Å². The van der Waals surface area contributed by atoms with Crippen LogP contribution in [0.1, 0.15) is 5.56 Å². The first-order chi connectivity index (χ1) is 6.40. The Hall–Kier alpha value is -0.350. The number of alkyl halides is 1. The van der Waals surface area contributed by atoms with Crippen LogP contribution >= 0.6 is 32.9 Å². The molecule has 2 nitrogen and oxygen atoms in total. The Labute approximate surface area is 102 Å². The standard InChI is InChI=1S/C10H10BrNO.BrH/c11-6-9-7-12-10(13-9)8-4-2-1-3-5-8;/h1-5,9H,6-7H2;1H. The first-order valence-corrected chi connectivity index (χ1v) is 5.35. The van der Waals surface area contributed by atoms with E-state index >= 15 is 0 Å². The maximum absolute atomic E-state index is 5.60. The summed E-state index contributed by atoms with van der Waals surface area (Å²) in [6, 6.07) is 9.98. The third-order valence-electron chi connectivity index (χ3n) is 1.91. The number of hydrogen-bond acceptors (Lipinski definition) is 2. The molecule has 0 aliphatic carbocycles. The van der Waals surface area contributed by atoms with E-state index in [4.69, 9.17) is 4.74 Å². The molecule has 0 amide bonds. The van der Waals surface area contributed by atoms with Crippen molar-refractivity contribution in [1.82, 2.24) is 0 Å². The van der Waals surface area contributed by atoms with Gasteiger partial charge < -0.3 is 4.74 Å². The van der Waals surface area contributed by atoms with Crippen molar-refractivity contribution in [3.8, 4) is 0 Å². The Bertz CT molecular complexity index is 313. The zero-order chi connectivity index (χ0) is 9.10. The molecule has 0 saturated carbocycles. The van der Waals surface area contributed by atoms with Gasteiger partial charge in [0.15, 0.2) is 0 Å². The van der Waals surface area contributed by atoms with Gasteiger partial charge in [-0.3, -0.25) is 0 Å². The van der Waals surface area contributed by atoms with E-state index in [-0.39, 0.29) is 23.1 Å². The fraction of sp³-hybridized carbons (Fsp3) is 0.300. The minimum absolute atomic E-state index is 0. The van der Waals surface area contributed by atoms with Crippen LogP contribution in [-0.2, 0) is 4.74 Å². The zero-order valence-electron chi connectivity index (χ0n) is 7.52. The van der Waals surface area contributed by atoms with Gasteiger partial charge in [-0.1, -0.05) is 34.1 Å². The van der Waals surface area contributed by atoms with Gasteiger partial charge in [-0.25, -0.2) is 4.99 Å². The van der Waals surface area contributed by atoms with Crippen LogP contribution < -0.4 is 0 Å². The molecule has 1 aromatic rings. The first-order valence-electron chi connectivity index (χ1n) is 4.22. The topological polar surface area (TPSA) is 21.6 Å². The number of halogens is 2. The van der Waals surface area contributed by atoms with Crippen LogP contribution in [0, 0.1) is 0 Å². The molecule has 0 radical (unpaired) electrons. The summed E-state index contributed by atoms with van der Waals surface area (Å²) >= 11 is 3.38. The summed E-state index contributed by atoms with van der Waals surface area (Å²) in [6.07, 6.45) is 0.204. The average molecular weight is 321 g/mol. The summed E-state index contributed by atoms with van der Waals surface area (Å²) in [6.45, 7) is 0.759. The van der Waals surface area contributed by atoms with Crippen LogP contribution in [0.5, 0.6) is 0 Å². The maximum atomic E-state index is 5.60. The number of benzene rings is 1. The molecule has 0 N–H and O–H groups in total. The molecule has 1 aromatic carbocycles. The Morgan fingerprint density at radius 3 is 2.64 bits per heavy atom. The van der Waals surface area contributed by atoms with E-state index in [1.165, 1.54) is 0 Å². The van der Waals surface area contributed by atoms with Crippen LogP contribution in [0.15, 0.2) is 35.3 Å². The normalized spacial score (nSPS) is 19.5. The van der Waals surface area contributed by atoms with Crippen molar-refractivity contribution in [2.24, 2.45) is 4.99 Å². The Morgan fingerprint density at radius 1 is 1.36 bits per heavy atom. The highest BCUT2D eigenvalue weighted by atomic mass is 79.9. The SMILES string of the molecule is Br.BrCC1CN=C(c2ccccc2)O1. The van der Waals surface area contributed by atoms with Crippen molar-refractivity contribution in [1.29, 1.82) is 0 Å². The maximum Gasteiger partial charge on any atom is 0.216 e. The van der Waals surface area contributed by atoms with Crippen LogP contribution in [-0.4, -0.2) is 23.9 Å². The minimum Gasteiger partial charge on any atom is -0.471 e. The summed E-state index contributed by atoms with van der Waals surface area (Å²) < 4.78 is 5.60. The molecule has 1 heterocycles. The Morgan fingerprint density at radius 2 is 2.07 bits per heavy atom. The van der Waals surface area contributed by atoms with Crippen molar-refractivity contribution in [3.05, 3.63) is 35.9 Å². The predicted molar refractivity (Wildman–Crippen MR) is 66.8 cm³/mol. The molecule has 0 bridgehead atoms. The lowest BCUT2D eigenvalue weighted by Crippen LogP contribution is -2.14. The molecule has 0 fully saturated rings.